The molecule has 113 valence electrons. The molecule has 0 bridgehead atoms. The second kappa shape index (κ2) is 5.80. The maximum Gasteiger partial charge on any atom is 0.0607 e. The quantitative estimate of drug-likeness (QED) is 0.568. The van der Waals surface area contributed by atoms with Gasteiger partial charge < -0.3 is 0 Å². The highest BCUT2D eigenvalue weighted by atomic mass is 28.3. The summed E-state index contributed by atoms with van der Waals surface area (Å²) < 4.78 is 0. The Hall–Kier alpha value is -0.346. The van der Waals surface area contributed by atoms with E-state index in [1.807, 2.05) is 0 Å². The summed E-state index contributed by atoms with van der Waals surface area (Å²) in [7, 11) is -1.81. The van der Waals surface area contributed by atoms with Gasteiger partial charge in [0.2, 0.25) is 0 Å². The minimum Gasteiger partial charge on any atom is -0.0709 e. The molecule has 0 nitrogen and oxygen atoms in total. The first kappa shape index (κ1) is 17.7. The third-order valence-electron chi connectivity index (χ3n) is 5.80. The van der Waals surface area contributed by atoms with Gasteiger partial charge in [0, 0.05) is 8.80 Å². The van der Waals surface area contributed by atoms with E-state index < -0.39 is 8.07 Å². The molecular formula is C18H33Si2. The molecule has 0 fully saturated rings. The molecule has 0 saturated carbocycles. The molecule has 0 aliphatic carbocycles. The molecular weight excluding hydrogens is 272 g/mol. The van der Waals surface area contributed by atoms with Gasteiger partial charge >= 0.3 is 0 Å². The Balaban J connectivity index is 3.45. The molecule has 0 amide bonds. The maximum atomic E-state index is 2.59. The highest BCUT2D eigenvalue weighted by molar-refractivity contribution is 6.83. The average molecular weight is 306 g/mol. The molecule has 1 rings (SSSR count). The minimum atomic E-state index is -1.45. The van der Waals surface area contributed by atoms with E-state index in [4.69, 9.17) is 0 Å². The van der Waals surface area contributed by atoms with Crippen molar-refractivity contribution >= 4 is 16.9 Å². The molecule has 0 aromatic heterocycles. The van der Waals surface area contributed by atoms with Gasteiger partial charge in [-0.2, -0.15) is 0 Å². The van der Waals surface area contributed by atoms with Gasteiger partial charge in [0.25, 0.3) is 0 Å². The van der Waals surface area contributed by atoms with Gasteiger partial charge in [-0.15, -0.1) is 0 Å². The van der Waals surface area contributed by atoms with Gasteiger partial charge in [0.05, 0.1) is 8.07 Å². The highest BCUT2D eigenvalue weighted by Crippen LogP contribution is 2.56. The zero-order valence-electron chi connectivity index (χ0n) is 15.0. The van der Waals surface area contributed by atoms with Crippen molar-refractivity contribution in [1.29, 1.82) is 0 Å². The molecule has 0 spiro atoms. The Kier molecular flexibility index (Phi) is 5.14. The van der Waals surface area contributed by atoms with Crippen LogP contribution in [0.1, 0.15) is 45.7 Å². The van der Waals surface area contributed by atoms with Crippen molar-refractivity contribution in [1.82, 2.24) is 0 Å². The predicted molar refractivity (Wildman–Crippen MR) is 97.9 cm³/mol. The van der Waals surface area contributed by atoms with Crippen molar-refractivity contribution in [2.45, 2.75) is 76.4 Å². The summed E-state index contributed by atoms with van der Waals surface area (Å²) in [6, 6.07) is 11.3. The molecule has 1 radical (unpaired) electrons. The van der Waals surface area contributed by atoms with E-state index >= 15 is 0 Å². The molecule has 1 aromatic rings. The normalized spacial score (nSPS) is 15.5. The number of benzene rings is 1. The molecule has 0 aliphatic rings. The fourth-order valence-corrected chi connectivity index (χ4v) is 9.49. The van der Waals surface area contributed by atoms with Crippen LogP contribution in [0.5, 0.6) is 0 Å². The number of rotatable bonds is 4. The SMILES string of the molecule is C[Si](C)C(C)(C)C(c1ccccc1)[Si](C)(C)C(C)(C)C. The molecule has 1 atom stereocenters. The van der Waals surface area contributed by atoms with Crippen LogP contribution >= 0.6 is 0 Å². The van der Waals surface area contributed by atoms with Crippen LogP contribution in [0.3, 0.4) is 0 Å². The van der Waals surface area contributed by atoms with E-state index in [0.717, 1.165) is 5.54 Å². The fourth-order valence-electron chi connectivity index (χ4n) is 3.10. The largest absolute Gasteiger partial charge is 0.0709 e. The Morgan fingerprint density at radius 1 is 0.900 bits per heavy atom. The van der Waals surface area contributed by atoms with E-state index in [0.29, 0.717) is 10.1 Å². The minimum absolute atomic E-state index is 0.364. The first-order valence-corrected chi connectivity index (χ1v) is 13.4. The van der Waals surface area contributed by atoms with Crippen LogP contribution in [-0.2, 0) is 0 Å². The number of hydrogen-bond acceptors (Lipinski definition) is 0. The average Bonchev–Trinajstić information content (AvgIpc) is 2.28. The van der Waals surface area contributed by atoms with Crippen LogP contribution in [0, 0.1) is 0 Å². The molecule has 0 heterocycles. The number of hydrogen-bond donors (Lipinski definition) is 0. The van der Waals surface area contributed by atoms with Gasteiger partial charge in [-0.25, -0.2) is 0 Å². The van der Waals surface area contributed by atoms with E-state index in [1.54, 1.807) is 5.56 Å². The second-order valence-electron chi connectivity index (χ2n) is 8.54. The van der Waals surface area contributed by atoms with Gasteiger partial charge in [-0.05, 0) is 21.2 Å². The van der Waals surface area contributed by atoms with Crippen LogP contribution in [0.4, 0.5) is 0 Å². The lowest BCUT2D eigenvalue weighted by molar-refractivity contribution is 0.576. The van der Waals surface area contributed by atoms with Crippen LogP contribution in [-0.4, -0.2) is 16.9 Å². The van der Waals surface area contributed by atoms with Crippen molar-refractivity contribution in [3.8, 4) is 0 Å². The van der Waals surface area contributed by atoms with Crippen molar-refractivity contribution in [2.75, 3.05) is 0 Å². The molecule has 1 aromatic carbocycles. The van der Waals surface area contributed by atoms with E-state index in [1.165, 1.54) is 0 Å². The third kappa shape index (κ3) is 3.28. The van der Waals surface area contributed by atoms with E-state index in [-0.39, 0.29) is 8.80 Å². The maximum absolute atomic E-state index is 2.59. The van der Waals surface area contributed by atoms with Crippen molar-refractivity contribution in [3.63, 3.8) is 0 Å². The fraction of sp³-hybridized carbons (Fsp3) is 0.667. The molecule has 2 heteroatoms. The third-order valence-corrected chi connectivity index (χ3v) is 15.3. The van der Waals surface area contributed by atoms with Crippen LogP contribution in [0.25, 0.3) is 0 Å². The molecule has 1 unspecified atom stereocenters. The van der Waals surface area contributed by atoms with Gasteiger partial charge in [-0.3, -0.25) is 0 Å². The molecule has 0 aliphatic heterocycles. The Morgan fingerprint density at radius 2 is 1.35 bits per heavy atom. The zero-order chi connectivity index (χ0) is 15.8. The lowest BCUT2D eigenvalue weighted by atomic mass is 10.0. The second-order valence-corrected chi connectivity index (χ2v) is 17.3. The summed E-state index contributed by atoms with van der Waals surface area (Å²) in [5.41, 5.74) is 2.29. The summed E-state index contributed by atoms with van der Waals surface area (Å²) in [5.74, 6) is 0. The molecule has 0 N–H and O–H groups in total. The first-order chi connectivity index (χ1) is 8.92. The highest BCUT2D eigenvalue weighted by Gasteiger charge is 2.50. The van der Waals surface area contributed by atoms with Gasteiger partial charge in [0.15, 0.2) is 0 Å². The molecule has 0 saturated heterocycles. The first-order valence-electron chi connectivity index (χ1n) is 7.78. The Labute approximate surface area is 129 Å². The zero-order valence-corrected chi connectivity index (χ0v) is 17.0. The summed E-state index contributed by atoms with van der Waals surface area (Å²) in [6.07, 6.45) is 0. The monoisotopic (exact) mass is 305 g/mol. The summed E-state index contributed by atoms with van der Waals surface area (Å²) in [6.45, 7) is 22.5. The lowest BCUT2D eigenvalue weighted by Crippen LogP contribution is -2.50. The Bertz CT molecular complexity index is 424. The smallest absolute Gasteiger partial charge is 0.0607 e. The lowest BCUT2D eigenvalue weighted by Gasteiger charge is -2.52. The van der Waals surface area contributed by atoms with Gasteiger partial charge in [0.1, 0.15) is 0 Å². The Morgan fingerprint density at radius 3 is 1.70 bits per heavy atom. The van der Waals surface area contributed by atoms with Crippen LogP contribution < -0.4 is 0 Å². The van der Waals surface area contributed by atoms with Crippen molar-refractivity contribution < 1.29 is 0 Å². The summed E-state index contributed by atoms with van der Waals surface area (Å²) in [4.78, 5) is 0. The van der Waals surface area contributed by atoms with Gasteiger partial charge in [-0.1, -0.05) is 91.1 Å². The van der Waals surface area contributed by atoms with E-state index in [2.05, 4.69) is 91.1 Å². The van der Waals surface area contributed by atoms with Crippen molar-refractivity contribution in [2.24, 2.45) is 0 Å². The van der Waals surface area contributed by atoms with Crippen LogP contribution in [0.15, 0.2) is 30.3 Å². The standard InChI is InChI=1S/C18H33Si2/c1-17(2,3)20(8,9)16(18(4,5)19(6)7)15-13-11-10-12-14-15/h10-14,16H,1-9H3. The van der Waals surface area contributed by atoms with Crippen LogP contribution in [0.2, 0.25) is 36.3 Å². The molecule has 20 heavy (non-hydrogen) atoms. The van der Waals surface area contributed by atoms with Crippen molar-refractivity contribution in [3.05, 3.63) is 35.9 Å². The summed E-state index contributed by atoms with van der Waals surface area (Å²) in [5, 5.41) is 0.844. The van der Waals surface area contributed by atoms with E-state index in [9.17, 15) is 0 Å². The summed E-state index contributed by atoms with van der Waals surface area (Å²) >= 11 is 0. The topological polar surface area (TPSA) is 0 Å². The predicted octanol–water partition coefficient (Wildman–Crippen LogP) is 6.35.